The van der Waals surface area contributed by atoms with E-state index in [2.05, 4.69) is 11.4 Å². The highest BCUT2D eigenvalue weighted by Gasteiger charge is 2.28. The van der Waals surface area contributed by atoms with Crippen molar-refractivity contribution in [2.45, 2.75) is 32.2 Å². The number of fused-ring (bicyclic) bond motifs is 1. The van der Waals surface area contributed by atoms with E-state index in [1.54, 1.807) is 7.11 Å². The van der Waals surface area contributed by atoms with E-state index < -0.39 is 10.9 Å². The zero-order valence-corrected chi connectivity index (χ0v) is 16.8. The van der Waals surface area contributed by atoms with E-state index in [1.165, 1.54) is 21.5 Å². The second kappa shape index (κ2) is 8.31. The number of hydrogen-bond acceptors (Lipinski definition) is 4. The summed E-state index contributed by atoms with van der Waals surface area (Å²) >= 11 is 0. The number of benzene rings is 2. The topological polar surface area (TPSA) is 66.3 Å². The second-order valence-electron chi connectivity index (χ2n) is 6.99. The molecule has 1 atom stereocenters. The first-order valence-corrected chi connectivity index (χ1v) is 10.7. The lowest BCUT2D eigenvalue weighted by Crippen LogP contribution is -2.19. The third-order valence-corrected chi connectivity index (χ3v) is 6.77. The summed E-state index contributed by atoms with van der Waals surface area (Å²) in [5, 5.41) is 3.36. The fourth-order valence-electron chi connectivity index (χ4n) is 3.83. The lowest BCUT2D eigenvalue weighted by atomic mass is 9.90. The number of anilines is 2. The summed E-state index contributed by atoms with van der Waals surface area (Å²) in [6.45, 7) is 0.629. The smallest absolute Gasteiger partial charge is 0.320 e. The van der Waals surface area contributed by atoms with Crippen LogP contribution in [0.5, 0.6) is 0 Å². The van der Waals surface area contributed by atoms with Crippen LogP contribution >= 0.6 is 10.9 Å². The van der Waals surface area contributed by atoms with Gasteiger partial charge in [0.2, 0.25) is 4.88 Å². The Morgan fingerprint density at radius 3 is 2.68 bits per heavy atom. The van der Waals surface area contributed by atoms with Crippen LogP contribution in [0.25, 0.3) is 10.4 Å². The molecule has 1 aliphatic rings. The first-order valence-electron chi connectivity index (χ1n) is 9.61. The quantitative estimate of drug-likeness (QED) is 0.623. The van der Waals surface area contributed by atoms with Gasteiger partial charge in [-0.05, 0) is 55.0 Å². The number of rotatable bonds is 6. The molecular formula is C22H24N2O3S. The van der Waals surface area contributed by atoms with Crippen molar-refractivity contribution in [2.75, 3.05) is 19.0 Å². The molecule has 3 aromatic rings. The summed E-state index contributed by atoms with van der Waals surface area (Å²) in [5.41, 5.74) is 4.49. The molecule has 146 valence electrons. The Morgan fingerprint density at radius 1 is 1.11 bits per heavy atom. The second-order valence-corrected chi connectivity index (χ2v) is 8.34. The molecule has 28 heavy (non-hydrogen) atoms. The van der Waals surface area contributed by atoms with Gasteiger partial charge in [-0.3, -0.25) is 4.79 Å². The maximum Gasteiger partial charge on any atom is 0.320 e. The Hall–Kier alpha value is -2.41. The third kappa shape index (κ3) is 3.51. The van der Waals surface area contributed by atoms with Gasteiger partial charge in [0.05, 0.1) is 24.1 Å². The molecule has 1 N–H and O–H groups in total. The predicted molar refractivity (Wildman–Crippen MR) is 113 cm³/mol. The van der Waals surface area contributed by atoms with Gasteiger partial charge in [0.25, 0.3) is 0 Å². The minimum absolute atomic E-state index is 0.248. The Labute approximate surface area is 167 Å². The first kappa shape index (κ1) is 18.9. The normalized spacial score (nSPS) is 14.0. The Balaban J connectivity index is 1.83. The average molecular weight is 397 g/mol. The molecule has 0 aliphatic heterocycles. The van der Waals surface area contributed by atoms with Crippen molar-refractivity contribution in [3.63, 3.8) is 0 Å². The Kier molecular flexibility index (Phi) is 5.62. The predicted octanol–water partition coefficient (Wildman–Crippen LogP) is 4.51. The summed E-state index contributed by atoms with van der Waals surface area (Å²) in [5.74, 6) is 0. The number of aromatic nitrogens is 1. The molecule has 4 rings (SSSR count). The molecule has 6 heteroatoms. The van der Waals surface area contributed by atoms with Crippen LogP contribution in [0, 0.1) is 0 Å². The average Bonchev–Trinajstić information content (AvgIpc) is 2.97. The van der Waals surface area contributed by atoms with Crippen LogP contribution in [0.2, 0.25) is 0 Å². The van der Waals surface area contributed by atoms with Crippen LogP contribution in [-0.4, -0.2) is 22.2 Å². The van der Waals surface area contributed by atoms with Gasteiger partial charge < -0.3 is 14.6 Å². The molecule has 0 saturated carbocycles. The molecule has 1 aliphatic carbocycles. The number of nitrogens with zero attached hydrogens (tertiary/aromatic N) is 1. The zero-order valence-electron chi connectivity index (χ0n) is 15.9. The number of aryl methyl sites for hydroxylation is 1. The van der Waals surface area contributed by atoms with Crippen LogP contribution in [0.1, 0.15) is 24.0 Å². The van der Waals surface area contributed by atoms with Gasteiger partial charge in [0, 0.05) is 18.4 Å². The minimum atomic E-state index is -1.57. The van der Waals surface area contributed by atoms with Crippen molar-refractivity contribution in [2.24, 2.45) is 0 Å². The van der Waals surface area contributed by atoms with Crippen LogP contribution < -0.4 is 10.9 Å². The van der Waals surface area contributed by atoms with Gasteiger partial charge in [0.15, 0.2) is 5.69 Å². The van der Waals surface area contributed by atoms with Crippen molar-refractivity contribution in [1.29, 1.82) is 0 Å². The van der Waals surface area contributed by atoms with Crippen LogP contribution in [0.3, 0.4) is 0 Å². The molecule has 0 saturated heterocycles. The van der Waals surface area contributed by atoms with E-state index in [1.807, 2.05) is 42.5 Å². The van der Waals surface area contributed by atoms with Gasteiger partial charge in [-0.15, -0.1) is 3.96 Å². The number of nitrogens with one attached hydrogen (secondary N) is 1. The van der Waals surface area contributed by atoms with Crippen LogP contribution in [0.4, 0.5) is 11.4 Å². The molecular weight excluding hydrogens is 372 g/mol. The van der Waals surface area contributed by atoms with Gasteiger partial charge in [-0.1, -0.05) is 30.3 Å². The zero-order chi connectivity index (χ0) is 19.5. The highest BCUT2D eigenvalue weighted by molar-refractivity contribution is 7.24. The minimum Gasteiger partial charge on any atom is -0.570 e. The van der Waals surface area contributed by atoms with E-state index >= 15 is 0 Å². The monoisotopic (exact) mass is 396 g/mol. The molecule has 0 fully saturated rings. The van der Waals surface area contributed by atoms with E-state index in [-0.39, 0.29) is 12.1 Å². The van der Waals surface area contributed by atoms with Crippen molar-refractivity contribution in [3.8, 4) is 10.4 Å². The lowest BCUT2D eigenvalue weighted by Gasteiger charge is -2.19. The van der Waals surface area contributed by atoms with Gasteiger partial charge in [0.1, 0.15) is 0 Å². The summed E-state index contributed by atoms with van der Waals surface area (Å²) in [4.78, 5) is 13.7. The largest absolute Gasteiger partial charge is 0.570 e. The Bertz CT molecular complexity index is 1020. The SMILES string of the molecule is COCCn1c(=O)c(Nc2cccc3c2CCCC3)c(-c2ccccc2)[s+]1[O-]. The van der Waals surface area contributed by atoms with Crippen molar-refractivity contribution < 1.29 is 9.29 Å². The molecule has 1 unspecified atom stereocenters. The van der Waals surface area contributed by atoms with E-state index in [0.29, 0.717) is 17.2 Å². The fraction of sp³-hybridized carbons (Fsp3) is 0.318. The molecule has 1 aromatic heterocycles. The highest BCUT2D eigenvalue weighted by Crippen LogP contribution is 2.39. The molecule has 0 bridgehead atoms. The molecule has 5 nitrogen and oxygen atoms in total. The van der Waals surface area contributed by atoms with Crippen LogP contribution in [-0.2, 0) is 24.1 Å². The maximum atomic E-state index is 13.2. The highest BCUT2D eigenvalue weighted by atomic mass is 32.2. The molecule has 0 amide bonds. The number of hydrogen-bond donors (Lipinski definition) is 1. The van der Waals surface area contributed by atoms with Crippen LogP contribution in [0.15, 0.2) is 53.3 Å². The summed E-state index contributed by atoms with van der Waals surface area (Å²) in [6.07, 6.45) is 4.41. The maximum absolute atomic E-state index is 13.2. The Morgan fingerprint density at radius 2 is 1.89 bits per heavy atom. The van der Waals surface area contributed by atoms with Gasteiger partial charge in [-0.25, -0.2) is 0 Å². The fourth-order valence-corrected chi connectivity index (χ4v) is 5.18. The summed E-state index contributed by atoms with van der Waals surface area (Å²) < 4.78 is 19.7. The number of methoxy groups -OCH3 is 1. The molecule has 0 spiro atoms. The van der Waals surface area contributed by atoms with E-state index in [9.17, 15) is 9.35 Å². The first-order chi connectivity index (χ1) is 13.7. The standard InChI is InChI=1S/C22H24N2O3S/c1-27-15-14-24-22(25)20(21(28(24)26)17-9-3-2-4-10-17)23-19-13-7-11-16-8-5-6-12-18(16)19/h2-4,7,9-11,13,23H,5-6,8,12,14-15H2,1H3. The third-order valence-electron chi connectivity index (χ3n) is 5.23. The van der Waals surface area contributed by atoms with E-state index in [4.69, 9.17) is 4.74 Å². The molecule has 2 aromatic carbocycles. The van der Waals surface area contributed by atoms with E-state index in [0.717, 1.165) is 30.5 Å². The van der Waals surface area contributed by atoms with Gasteiger partial charge in [-0.2, -0.15) is 0 Å². The van der Waals surface area contributed by atoms with Crippen molar-refractivity contribution >= 4 is 22.3 Å². The molecule has 1 heterocycles. The number of ether oxygens (including phenoxy) is 1. The van der Waals surface area contributed by atoms with Crippen molar-refractivity contribution in [1.82, 2.24) is 3.96 Å². The molecule has 0 radical (unpaired) electrons. The summed E-state index contributed by atoms with van der Waals surface area (Å²) in [7, 11) is 0.00834. The van der Waals surface area contributed by atoms with Crippen molar-refractivity contribution in [3.05, 3.63) is 70.0 Å². The summed E-state index contributed by atoms with van der Waals surface area (Å²) in [6, 6.07) is 15.7. The van der Waals surface area contributed by atoms with Gasteiger partial charge >= 0.3 is 5.56 Å². The lowest BCUT2D eigenvalue weighted by molar-refractivity contribution is 0.188.